The number of carbonyl (C=O) groups excluding carboxylic acids is 2. The molecule has 5 rings (SSSR count). The number of ketones is 1. The average molecular weight is 461 g/mol. The Morgan fingerprint density at radius 1 is 1.03 bits per heavy atom. The van der Waals surface area contributed by atoms with Crippen LogP contribution in [0.3, 0.4) is 0 Å². The number of anilines is 1. The summed E-state index contributed by atoms with van der Waals surface area (Å²) in [4.78, 5) is 33.4. The summed E-state index contributed by atoms with van der Waals surface area (Å²) in [6.07, 6.45) is 0. The number of amides is 1. The molecule has 4 aromatic rings. The van der Waals surface area contributed by atoms with Crippen molar-refractivity contribution in [1.82, 2.24) is 4.98 Å². The zero-order valence-electron chi connectivity index (χ0n) is 17.7. The number of fused-ring (bicyclic) bond motifs is 1. The topological polar surface area (TPSA) is 70.5 Å². The Kier molecular flexibility index (Phi) is 4.95. The van der Waals surface area contributed by atoms with E-state index < -0.39 is 17.7 Å². The van der Waals surface area contributed by atoms with Gasteiger partial charge in [-0.1, -0.05) is 41.2 Å². The second-order valence-electron chi connectivity index (χ2n) is 7.97. The van der Waals surface area contributed by atoms with Gasteiger partial charge in [-0.15, -0.1) is 11.3 Å². The van der Waals surface area contributed by atoms with Gasteiger partial charge in [0.15, 0.2) is 5.13 Å². The lowest BCUT2D eigenvalue weighted by Gasteiger charge is -2.21. The predicted molar refractivity (Wildman–Crippen MR) is 129 cm³/mol. The molecule has 2 aromatic carbocycles. The standard InChI is InChI=1S/C25H20N2O3S2/c1-13-6-8-15(3)16(11-13)22(28)20-21(18-5-4-10-31-18)27(24(30)23(20)29)25-26-17-9-7-14(2)12-19(17)32-25/h4-12,21,28H,1-3H3/b22-20+. The van der Waals surface area contributed by atoms with Crippen LogP contribution in [0.2, 0.25) is 0 Å². The lowest BCUT2D eigenvalue weighted by molar-refractivity contribution is -0.132. The second-order valence-corrected chi connectivity index (χ2v) is 9.96. The zero-order valence-corrected chi connectivity index (χ0v) is 19.4. The van der Waals surface area contributed by atoms with Crippen molar-refractivity contribution in [2.75, 3.05) is 4.90 Å². The zero-order chi connectivity index (χ0) is 22.6. The Morgan fingerprint density at radius 2 is 1.78 bits per heavy atom. The molecule has 1 fully saturated rings. The molecule has 7 heteroatoms. The van der Waals surface area contributed by atoms with Crippen molar-refractivity contribution in [1.29, 1.82) is 0 Å². The van der Waals surface area contributed by atoms with Crippen LogP contribution >= 0.6 is 22.7 Å². The summed E-state index contributed by atoms with van der Waals surface area (Å²) in [7, 11) is 0. The summed E-state index contributed by atoms with van der Waals surface area (Å²) in [5.41, 5.74) is 4.32. The number of benzene rings is 2. The van der Waals surface area contributed by atoms with Crippen molar-refractivity contribution in [2.45, 2.75) is 26.8 Å². The SMILES string of the molecule is Cc1ccc(C)c(/C(O)=C2\C(=O)C(=O)N(c3nc4ccc(C)cc4s3)C2c2cccs2)c1. The molecule has 32 heavy (non-hydrogen) atoms. The minimum absolute atomic E-state index is 0.0987. The highest BCUT2D eigenvalue weighted by atomic mass is 32.1. The van der Waals surface area contributed by atoms with Crippen LogP contribution in [-0.4, -0.2) is 21.8 Å². The van der Waals surface area contributed by atoms with Gasteiger partial charge in [-0.25, -0.2) is 4.98 Å². The third kappa shape index (κ3) is 3.25. The maximum Gasteiger partial charge on any atom is 0.301 e. The van der Waals surface area contributed by atoms with E-state index in [-0.39, 0.29) is 11.3 Å². The number of carbonyl (C=O) groups is 2. The van der Waals surface area contributed by atoms with Crippen LogP contribution in [0.15, 0.2) is 59.5 Å². The first-order valence-corrected chi connectivity index (χ1v) is 11.8. The summed E-state index contributed by atoms with van der Waals surface area (Å²) in [5, 5.41) is 13.6. The molecule has 1 unspecified atom stereocenters. The van der Waals surface area contributed by atoms with Gasteiger partial charge < -0.3 is 5.11 Å². The van der Waals surface area contributed by atoms with Gasteiger partial charge in [0.2, 0.25) is 0 Å². The summed E-state index contributed by atoms with van der Waals surface area (Å²) in [6, 6.07) is 14.6. The molecule has 1 N–H and O–H groups in total. The number of nitrogens with zero attached hydrogens (tertiary/aromatic N) is 2. The highest BCUT2D eigenvalue weighted by Gasteiger charge is 2.48. The van der Waals surface area contributed by atoms with Gasteiger partial charge in [0.25, 0.3) is 5.78 Å². The molecule has 1 aliphatic heterocycles. The van der Waals surface area contributed by atoms with E-state index in [4.69, 9.17) is 0 Å². The van der Waals surface area contributed by atoms with Crippen molar-refractivity contribution >= 4 is 55.5 Å². The number of aliphatic hydroxyl groups excluding tert-OH is 1. The van der Waals surface area contributed by atoms with Crippen LogP contribution < -0.4 is 4.90 Å². The predicted octanol–water partition coefficient (Wildman–Crippen LogP) is 5.91. The molecule has 2 aromatic heterocycles. The van der Waals surface area contributed by atoms with Crippen molar-refractivity contribution in [2.24, 2.45) is 0 Å². The summed E-state index contributed by atoms with van der Waals surface area (Å²) in [6.45, 7) is 5.80. The van der Waals surface area contributed by atoms with Crippen molar-refractivity contribution in [3.63, 3.8) is 0 Å². The first-order valence-electron chi connectivity index (χ1n) is 10.1. The Morgan fingerprint density at radius 3 is 2.53 bits per heavy atom. The fourth-order valence-corrected chi connectivity index (χ4v) is 5.92. The van der Waals surface area contributed by atoms with E-state index in [0.29, 0.717) is 10.7 Å². The lowest BCUT2D eigenvalue weighted by Crippen LogP contribution is -2.28. The molecule has 1 saturated heterocycles. The highest BCUT2D eigenvalue weighted by Crippen LogP contribution is 2.45. The van der Waals surface area contributed by atoms with Gasteiger partial charge in [0, 0.05) is 10.4 Å². The number of hydrogen-bond acceptors (Lipinski definition) is 6. The lowest BCUT2D eigenvalue weighted by atomic mass is 9.96. The molecular weight excluding hydrogens is 440 g/mol. The van der Waals surface area contributed by atoms with Gasteiger partial charge in [-0.2, -0.15) is 0 Å². The number of aliphatic hydroxyl groups is 1. The van der Waals surface area contributed by atoms with E-state index in [1.165, 1.54) is 27.6 Å². The molecular formula is C25H20N2O3S2. The quantitative estimate of drug-likeness (QED) is 0.234. The molecule has 0 saturated carbocycles. The van der Waals surface area contributed by atoms with E-state index in [1.807, 2.05) is 74.7 Å². The van der Waals surface area contributed by atoms with Gasteiger partial charge >= 0.3 is 5.91 Å². The molecule has 5 nitrogen and oxygen atoms in total. The Labute approximate surface area is 193 Å². The van der Waals surface area contributed by atoms with E-state index in [1.54, 1.807) is 0 Å². The number of Topliss-reactive ketones (excluding diaryl/α,β-unsaturated/α-hetero) is 1. The van der Waals surface area contributed by atoms with Crippen molar-refractivity contribution in [3.05, 3.63) is 86.6 Å². The van der Waals surface area contributed by atoms with Crippen LogP contribution in [-0.2, 0) is 9.59 Å². The minimum atomic E-state index is -0.725. The first-order chi connectivity index (χ1) is 15.3. The van der Waals surface area contributed by atoms with Crippen LogP contribution in [0.1, 0.15) is 33.2 Å². The number of rotatable bonds is 3. The molecule has 0 bridgehead atoms. The molecule has 1 amide bonds. The maximum atomic E-state index is 13.3. The van der Waals surface area contributed by atoms with E-state index >= 15 is 0 Å². The Balaban J connectivity index is 1.74. The summed E-state index contributed by atoms with van der Waals surface area (Å²) >= 11 is 2.81. The third-order valence-electron chi connectivity index (χ3n) is 5.64. The Hall–Kier alpha value is -3.29. The number of thiazole rings is 1. The largest absolute Gasteiger partial charge is 0.507 e. The van der Waals surface area contributed by atoms with Gasteiger partial charge in [0.05, 0.1) is 15.8 Å². The fourth-order valence-electron chi connectivity index (χ4n) is 4.00. The molecule has 0 spiro atoms. The van der Waals surface area contributed by atoms with E-state index in [0.717, 1.165) is 31.8 Å². The Bertz CT molecular complexity index is 1420. The average Bonchev–Trinajstić information content (AvgIpc) is 3.48. The number of aryl methyl sites for hydroxylation is 3. The van der Waals surface area contributed by atoms with Crippen LogP contribution in [0.25, 0.3) is 16.0 Å². The smallest absolute Gasteiger partial charge is 0.301 e. The third-order valence-corrected chi connectivity index (χ3v) is 7.59. The monoisotopic (exact) mass is 460 g/mol. The fraction of sp³-hybridized carbons (Fsp3) is 0.160. The minimum Gasteiger partial charge on any atom is -0.507 e. The highest BCUT2D eigenvalue weighted by molar-refractivity contribution is 7.22. The maximum absolute atomic E-state index is 13.3. The van der Waals surface area contributed by atoms with Gasteiger partial charge in [-0.05, 0) is 61.5 Å². The molecule has 0 radical (unpaired) electrons. The molecule has 3 heterocycles. The summed E-state index contributed by atoms with van der Waals surface area (Å²) in [5.74, 6) is -1.52. The van der Waals surface area contributed by atoms with E-state index in [9.17, 15) is 14.7 Å². The van der Waals surface area contributed by atoms with Crippen LogP contribution in [0.5, 0.6) is 0 Å². The first kappa shape index (κ1) is 20.6. The van der Waals surface area contributed by atoms with Gasteiger partial charge in [-0.3, -0.25) is 14.5 Å². The molecule has 1 aliphatic rings. The van der Waals surface area contributed by atoms with Crippen LogP contribution in [0, 0.1) is 20.8 Å². The number of aromatic nitrogens is 1. The summed E-state index contributed by atoms with van der Waals surface area (Å²) < 4.78 is 0.946. The normalized spacial score (nSPS) is 18.1. The van der Waals surface area contributed by atoms with Crippen molar-refractivity contribution < 1.29 is 14.7 Å². The molecule has 1 atom stereocenters. The second kappa shape index (κ2) is 7.69. The molecule has 0 aliphatic carbocycles. The molecule has 160 valence electrons. The number of hydrogen-bond donors (Lipinski definition) is 1. The van der Waals surface area contributed by atoms with Crippen LogP contribution in [0.4, 0.5) is 5.13 Å². The van der Waals surface area contributed by atoms with E-state index in [2.05, 4.69) is 4.98 Å². The van der Waals surface area contributed by atoms with Gasteiger partial charge in [0.1, 0.15) is 11.8 Å². The van der Waals surface area contributed by atoms with Crippen molar-refractivity contribution in [3.8, 4) is 0 Å². The number of thiophene rings is 1.